The molecule has 7 heteroatoms. The number of carbonyl (C=O) groups excluding carboxylic acids is 1. The number of aliphatic carboxylic acids is 1. The Hall–Kier alpha value is -2.83. The number of methoxy groups -OCH3 is 1. The summed E-state index contributed by atoms with van der Waals surface area (Å²) in [5, 5.41) is 12.4. The van der Waals surface area contributed by atoms with E-state index in [1.807, 2.05) is 0 Å². The Bertz CT molecular complexity index is 912. The molecule has 2 aromatic rings. The maximum absolute atomic E-state index is 12.4. The molecule has 0 aliphatic heterocycles. The first-order chi connectivity index (χ1) is 12.2. The number of rotatable bonds is 6. The second-order valence-corrected chi connectivity index (χ2v) is 6.57. The van der Waals surface area contributed by atoms with Crippen LogP contribution < -0.4 is 15.7 Å². The van der Waals surface area contributed by atoms with Gasteiger partial charge in [-0.25, -0.2) is 9.59 Å². The lowest BCUT2D eigenvalue weighted by Gasteiger charge is -2.18. The fourth-order valence-electron chi connectivity index (χ4n) is 2.89. The Balaban J connectivity index is 2.40. The summed E-state index contributed by atoms with van der Waals surface area (Å²) in [5.41, 5.74) is 1.35. The number of hydrogen-bond acceptors (Lipinski definition) is 5. The van der Waals surface area contributed by atoms with E-state index in [-0.39, 0.29) is 17.9 Å². The molecule has 0 spiro atoms. The molecule has 0 bridgehead atoms. The van der Waals surface area contributed by atoms with Crippen molar-refractivity contribution in [3.63, 3.8) is 0 Å². The van der Waals surface area contributed by atoms with Crippen LogP contribution in [0.4, 0.5) is 0 Å². The van der Waals surface area contributed by atoms with Crippen molar-refractivity contribution in [2.24, 2.45) is 5.92 Å². The number of fused-ring (bicyclic) bond motifs is 1. The number of aryl methyl sites for hydroxylation is 2. The summed E-state index contributed by atoms with van der Waals surface area (Å²) in [7, 11) is 1.53. The van der Waals surface area contributed by atoms with Crippen molar-refractivity contribution in [1.29, 1.82) is 0 Å². The van der Waals surface area contributed by atoms with Crippen LogP contribution in [0.1, 0.15) is 30.5 Å². The summed E-state index contributed by atoms with van der Waals surface area (Å²) >= 11 is 0. The molecule has 1 heterocycles. The first kappa shape index (κ1) is 19.5. The topological polar surface area (TPSA) is 106 Å². The van der Waals surface area contributed by atoms with Gasteiger partial charge in [-0.15, -0.1) is 0 Å². The van der Waals surface area contributed by atoms with Crippen molar-refractivity contribution in [3.8, 4) is 5.75 Å². The van der Waals surface area contributed by atoms with Gasteiger partial charge in [0.1, 0.15) is 17.4 Å². The van der Waals surface area contributed by atoms with Crippen molar-refractivity contribution in [1.82, 2.24) is 5.32 Å². The molecule has 0 saturated heterocycles. The number of ether oxygens (including phenoxy) is 1. The van der Waals surface area contributed by atoms with E-state index in [2.05, 4.69) is 5.32 Å². The minimum Gasteiger partial charge on any atom is -0.496 e. The van der Waals surface area contributed by atoms with Gasteiger partial charge < -0.3 is 19.6 Å². The summed E-state index contributed by atoms with van der Waals surface area (Å²) < 4.78 is 10.7. The molecule has 1 amide bonds. The summed E-state index contributed by atoms with van der Waals surface area (Å²) in [5.74, 6) is -1.32. The second-order valence-electron chi connectivity index (χ2n) is 6.57. The Morgan fingerprint density at radius 3 is 2.42 bits per heavy atom. The first-order valence-corrected chi connectivity index (χ1v) is 8.29. The standard InChI is InChI=1S/C19H23NO6/c1-9(2)16(18(22)23)20-15(21)8-13-10(3)12-6-7-14(25-5)11(4)17(12)26-19(13)24/h6-7,9,16H,8H2,1-5H3,(H,20,21)(H,22,23)/t16-/m1/s1. The van der Waals surface area contributed by atoms with Crippen LogP contribution in [0.15, 0.2) is 21.3 Å². The SMILES string of the molecule is COc1ccc2c(C)c(CC(=O)N[C@@H](C(=O)O)C(C)C)c(=O)oc2c1C. The van der Waals surface area contributed by atoms with Gasteiger partial charge in [0.05, 0.1) is 19.1 Å². The van der Waals surface area contributed by atoms with Crippen LogP contribution in [-0.4, -0.2) is 30.1 Å². The molecule has 2 rings (SSSR count). The predicted molar refractivity (Wildman–Crippen MR) is 96.6 cm³/mol. The van der Waals surface area contributed by atoms with Crippen molar-refractivity contribution < 1.29 is 23.8 Å². The lowest BCUT2D eigenvalue weighted by atomic mass is 10.00. The number of nitrogens with one attached hydrogen (secondary N) is 1. The highest BCUT2D eigenvalue weighted by Crippen LogP contribution is 2.29. The van der Waals surface area contributed by atoms with Crippen LogP contribution in [0, 0.1) is 19.8 Å². The number of carboxylic acids is 1. The van der Waals surface area contributed by atoms with Gasteiger partial charge in [0.25, 0.3) is 0 Å². The molecule has 2 N–H and O–H groups in total. The molecule has 0 saturated carbocycles. The van der Waals surface area contributed by atoms with Crippen molar-refractivity contribution in [3.05, 3.63) is 39.2 Å². The van der Waals surface area contributed by atoms with Crippen LogP contribution in [0.2, 0.25) is 0 Å². The number of carboxylic acid groups (broad SMARTS) is 1. The van der Waals surface area contributed by atoms with Crippen LogP contribution in [-0.2, 0) is 16.0 Å². The molecule has 1 aromatic carbocycles. The zero-order valence-corrected chi connectivity index (χ0v) is 15.5. The van der Waals surface area contributed by atoms with E-state index in [4.69, 9.17) is 9.15 Å². The molecule has 0 radical (unpaired) electrons. The van der Waals surface area contributed by atoms with Crippen molar-refractivity contribution >= 4 is 22.8 Å². The van der Waals surface area contributed by atoms with Crippen LogP contribution >= 0.6 is 0 Å². The summed E-state index contributed by atoms with van der Waals surface area (Å²) in [6, 6.07) is 2.53. The highest BCUT2D eigenvalue weighted by Gasteiger charge is 2.25. The number of amides is 1. The molecule has 0 unspecified atom stereocenters. The molecule has 7 nitrogen and oxygen atoms in total. The Labute approximate surface area is 151 Å². The van der Waals surface area contributed by atoms with E-state index in [0.717, 1.165) is 0 Å². The zero-order valence-electron chi connectivity index (χ0n) is 15.5. The average molecular weight is 361 g/mol. The van der Waals surface area contributed by atoms with E-state index in [0.29, 0.717) is 27.8 Å². The van der Waals surface area contributed by atoms with E-state index in [1.165, 1.54) is 7.11 Å². The quantitative estimate of drug-likeness (QED) is 0.764. The van der Waals surface area contributed by atoms with Gasteiger partial charge in [-0.3, -0.25) is 4.79 Å². The van der Waals surface area contributed by atoms with Gasteiger partial charge >= 0.3 is 11.6 Å². The van der Waals surface area contributed by atoms with Gasteiger partial charge in [0.15, 0.2) is 0 Å². The smallest absolute Gasteiger partial charge is 0.340 e. The fraction of sp³-hybridized carbons (Fsp3) is 0.421. The maximum atomic E-state index is 12.4. The van der Waals surface area contributed by atoms with Gasteiger partial charge in [-0.05, 0) is 37.5 Å². The molecule has 26 heavy (non-hydrogen) atoms. The molecule has 1 atom stereocenters. The summed E-state index contributed by atoms with van der Waals surface area (Å²) in [6.45, 7) is 6.93. The monoisotopic (exact) mass is 361 g/mol. The molecule has 140 valence electrons. The molecule has 0 aliphatic carbocycles. The molecular weight excluding hydrogens is 338 g/mol. The molecule has 0 aliphatic rings. The van der Waals surface area contributed by atoms with Gasteiger partial charge in [-0.1, -0.05) is 13.8 Å². The molecule has 1 aromatic heterocycles. The highest BCUT2D eigenvalue weighted by atomic mass is 16.5. The third kappa shape index (κ3) is 3.71. The molecule has 0 fully saturated rings. The zero-order chi connectivity index (χ0) is 19.6. The largest absolute Gasteiger partial charge is 0.496 e. The van der Waals surface area contributed by atoms with Crippen molar-refractivity contribution in [2.75, 3.05) is 7.11 Å². The Kier molecular flexibility index (Phi) is 5.69. The number of hydrogen-bond donors (Lipinski definition) is 2. The summed E-state index contributed by atoms with van der Waals surface area (Å²) in [6.07, 6.45) is -0.244. The normalized spacial score (nSPS) is 12.2. The number of carbonyl (C=O) groups is 2. The third-order valence-electron chi connectivity index (χ3n) is 4.46. The Morgan fingerprint density at radius 2 is 1.88 bits per heavy atom. The van der Waals surface area contributed by atoms with E-state index in [1.54, 1.807) is 39.8 Å². The van der Waals surface area contributed by atoms with Crippen LogP contribution in [0.3, 0.4) is 0 Å². The minimum absolute atomic E-state index is 0.215. The van der Waals surface area contributed by atoms with Crippen molar-refractivity contribution in [2.45, 2.75) is 40.2 Å². The minimum atomic E-state index is -1.11. The summed E-state index contributed by atoms with van der Waals surface area (Å²) in [4.78, 5) is 35.9. The Morgan fingerprint density at radius 1 is 1.23 bits per heavy atom. The van der Waals surface area contributed by atoms with Gasteiger partial charge in [-0.2, -0.15) is 0 Å². The second kappa shape index (κ2) is 7.59. The van der Waals surface area contributed by atoms with E-state index >= 15 is 0 Å². The lowest BCUT2D eigenvalue weighted by molar-refractivity contribution is -0.143. The third-order valence-corrected chi connectivity index (χ3v) is 4.46. The van der Waals surface area contributed by atoms with Gasteiger partial charge in [0.2, 0.25) is 5.91 Å². The van der Waals surface area contributed by atoms with E-state index < -0.39 is 23.5 Å². The first-order valence-electron chi connectivity index (χ1n) is 8.29. The van der Waals surface area contributed by atoms with E-state index in [9.17, 15) is 19.5 Å². The van der Waals surface area contributed by atoms with Crippen LogP contribution in [0.5, 0.6) is 5.75 Å². The van der Waals surface area contributed by atoms with Crippen LogP contribution in [0.25, 0.3) is 11.0 Å². The maximum Gasteiger partial charge on any atom is 0.340 e. The number of benzene rings is 1. The predicted octanol–water partition coefficient (Wildman–Crippen LogP) is 2.19. The highest BCUT2D eigenvalue weighted by molar-refractivity contribution is 5.89. The van der Waals surface area contributed by atoms with Gasteiger partial charge in [0, 0.05) is 10.9 Å². The average Bonchev–Trinajstić information content (AvgIpc) is 2.57. The lowest BCUT2D eigenvalue weighted by Crippen LogP contribution is -2.45. The molecular formula is C19H23NO6. The fourth-order valence-corrected chi connectivity index (χ4v) is 2.89.